The normalized spacial score (nSPS) is 13.0. The summed E-state index contributed by atoms with van der Waals surface area (Å²) in [5.74, 6) is 1.23. The number of nitrogens with zero attached hydrogens (tertiary/aromatic N) is 2. The van der Waals surface area contributed by atoms with E-state index in [0.29, 0.717) is 24.2 Å². The van der Waals surface area contributed by atoms with E-state index in [4.69, 9.17) is 4.74 Å². The molecule has 0 radical (unpaired) electrons. The summed E-state index contributed by atoms with van der Waals surface area (Å²) in [5, 5.41) is 6.59. The molecule has 172 valence electrons. The highest BCUT2D eigenvalue weighted by Gasteiger charge is 2.34. The Kier molecular flexibility index (Phi) is 9.96. The van der Waals surface area contributed by atoms with Crippen molar-refractivity contribution in [3.63, 3.8) is 0 Å². The van der Waals surface area contributed by atoms with Crippen LogP contribution in [0.3, 0.4) is 0 Å². The number of rotatable bonds is 9. The number of nitrogens with one attached hydrogen (secondary N) is 2. The highest BCUT2D eigenvalue weighted by atomic mass is 127. The van der Waals surface area contributed by atoms with Crippen LogP contribution in [-0.2, 0) is 6.42 Å². The minimum atomic E-state index is -0.197. The van der Waals surface area contributed by atoms with E-state index in [1.54, 1.807) is 38.4 Å². The highest BCUT2D eigenvalue weighted by Crippen LogP contribution is 2.22. The Balaban J connectivity index is 0.00000363. The molecule has 32 heavy (non-hydrogen) atoms. The van der Waals surface area contributed by atoms with E-state index >= 15 is 0 Å². The molecular formula is C24H31IN4O3. The number of guanidine groups is 1. The SMILES string of the molecule is CN=C(NCCCCN1C(=O)c2ccccc2C1=O)NCCc1cc(C)ccc1OC.I. The molecule has 1 aliphatic heterocycles. The van der Waals surface area contributed by atoms with Crippen LogP contribution in [-0.4, -0.2) is 56.5 Å². The van der Waals surface area contributed by atoms with E-state index in [1.807, 2.05) is 12.1 Å². The van der Waals surface area contributed by atoms with Gasteiger partial charge in [-0.1, -0.05) is 29.8 Å². The fourth-order valence-electron chi connectivity index (χ4n) is 3.68. The molecule has 0 unspecified atom stereocenters. The third-order valence-electron chi connectivity index (χ3n) is 5.33. The highest BCUT2D eigenvalue weighted by molar-refractivity contribution is 14.0. The lowest BCUT2D eigenvalue weighted by molar-refractivity contribution is 0.0652. The number of amides is 2. The van der Waals surface area contributed by atoms with Gasteiger partial charge in [0.1, 0.15) is 5.75 Å². The number of imide groups is 1. The first-order valence-electron chi connectivity index (χ1n) is 10.6. The van der Waals surface area contributed by atoms with Crippen molar-refractivity contribution in [1.29, 1.82) is 0 Å². The van der Waals surface area contributed by atoms with Crippen LogP contribution in [0.2, 0.25) is 0 Å². The second-order valence-electron chi connectivity index (χ2n) is 7.51. The summed E-state index contributed by atoms with van der Waals surface area (Å²) in [4.78, 5) is 30.3. The molecule has 0 atom stereocenters. The molecule has 0 aliphatic carbocycles. The largest absolute Gasteiger partial charge is 0.496 e. The van der Waals surface area contributed by atoms with E-state index in [1.165, 1.54) is 10.5 Å². The van der Waals surface area contributed by atoms with E-state index in [0.717, 1.165) is 43.1 Å². The van der Waals surface area contributed by atoms with Crippen molar-refractivity contribution in [2.45, 2.75) is 26.2 Å². The summed E-state index contributed by atoms with van der Waals surface area (Å²) < 4.78 is 5.43. The molecule has 8 heteroatoms. The van der Waals surface area contributed by atoms with E-state index in [9.17, 15) is 9.59 Å². The molecular weight excluding hydrogens is 519 g/mol. The van der Waals surface area contributed by atoms with E-state index < -0.39 is 0 Å². The number of aryl methyl sites for hydroxylation is 1. The Bertz CT molecular complexity index is 942. The molecule has 2 N–H and O–H groups in total. The van der Waals surface area contributed by atoms with Crippen molar-refractivity contribution in [2.24, 2.45) is 4.99 Å². The Labute approximate surface area is 206 Å². The van der Waals surface area contributed by atoms with Gasteiger partial charge in [0.15, 0.2) is 5.96 Å². The second-order valence-corrected chi connectivity index (χ2v) is 7.51. The summed E-state index contributed by atoms with van der Waals surface area (Å²) in [6.07, 6.45) is 2.38. The zero-order chi connectivity index (χ0) is 22.2. The van der Waals surface area contributed by atoms with Gasteiger partial charge >= 0.3 is 0 Å². The molecule has 0 aromatic heterocycles. The van der Waals surface area contributed by atoms with Gasteiger partial charge in [-0.25, -0.2) is 0 Å². The number of ether oxygens (including phenoxy) is 1. The number of hydrogen-bond donors (Lipinski definition) is 2. The van der Waals surface area contributed by atoms with Gasteiger partial charge in [0.05, 0.1) is 18.2 Å². The Morgan fingerprint density at radius 2 is 1.66 bits per heavy atom. The van der Waals surface area contributed by atoms with Gasteiger partial charge in [-0.05, 0) is 49.9 Å². The van der Waals surface area contributed by atoms with Crippen LogP contribution in [0.25, 0.3) is 0 Å². The number of methoxy groups -OCH3 is 1. The van der Waals surface area contributed by atoms with Crippen LogP contribution in [0.1, 0.15) is 44.7 Å². The predicted octanol–water partition coefficient (Wildman–Crippen LogP) is 3.41. The zero-order valence-electron chi connectivity index (χ0n) is 18.8. The molecule has 3 rings (SSSR count). The molecule has 7 nitrogen and oxygen atoms in total. The predicted molar refractivity (Wildman–Crippen MR) is 137 cm³/mol. The monoisotopic (exact) mass is 550 g/mol. The molecule has 1 aliphatic rings. The van der Waals surface area contributed by atoms with Gasteiger partial charge < -0.3 is 15.4 Å². The first-order chi connectivity index (χ1) is 15.0. The quantitative estimate of drug-likeness (QED) is 0.165. The van der Waals surface area contributed by atoms with Crippen molar-refractivity contribution < 1.29 is 14.3 Å². The summed E-state index contributed by atoms with van der Waals surface area (Å²) in [6.45, 7) is 3.93. The van der Waals surface area contributed by atoms with E-state index in [2.05, 4.69) is 28.6 Å². The number of halogens is 1. The maximum Gasteiger partial charge on any atom is 0.261 e. The van der Waals surface area contributed by atoms with Gasteiger partial charge in [0.25, 0.3) is 11.8 Å². The molecule has 2 aromatic carbocycles. The summed E-state index contributed by atoms with van der Waals surface area (Å²) in [6, 6.07) is 13.1. The van der Waals surface area contributed by atoms with Crippen LogP contribution >= 0.6 is 24.0 Å². The lowest BCUT2D eigenvalue weighted by atomic mass is 10.1. The molecule has 2 aromatic rings. The van der Waals surface area contributed by atoms with Gasteiger partial charge in [0, 0.05) is 26.7 Å². The van der Waals surface area contributed by atoms with Gasteiger partial charge in [-0.2, -0.15) is 0 Å². The number of benzene rings is 2. The fourth-order valence-corrected chi connectivity index (χ4v) is 3.68. The van der Waals surface area contributed by atoms with Crippen LogP contribution in [0.15, 0.2) is 47.5 Å². The molecule has 0 saturated heterocycles. The first-order valence-corrected chi connectivity index (χ1v) is 10.6. The first kappa shape index (κ1) is 25.6. The number of carbonyl (C=O) groups excluding carboxylic acids is 2. The summed E-state index contributed by atoms with van der Waals surface area (Å²) >= 11 is 0. The van der Waals surface area contributed by atoms with Gasteiger partial charge in [-0.3, -0.25) is 19.5 Å². The summed E-state index contributed by atoms with van der Waals surface area (Å²) in [7, 11) is 3.42. The van der Waals surface area contributed by atoms with Crippen LogP contribution in [0.5, 0.6) is 5.75 Å². The standard InChI is InChI=1S/C24H30N4O3.HI/c1-17-10-11-21(31-3)18(16-17)12-14-27-24(25-2)26-13-6-7-15-28-22(29)19-8-4-5-9-20(19)23(28)30;/h4-5,8-11,16H,6-7,12-15H2,1-3H3,(H2,25,26,27);1H. The van der Waals surface area contributed by atoms with Crippen LogP contribution < -0.4 is 15.4 Å². The number of unbranched alkanes of at least 4 members (excludes halogenated alkanes) is 1. The van der Waals surface area contributed by atoms with Crippen LogP contribution in [0, 0.1) is 6.92 Å². The summed E-state index contributed by atoms with van der Waals surface area (Å²) in [5.41, 5.74) is 3.36. The molecule has 0 bridgehead atoms. The third-order valence-corrected chi connectivity index (χ3v) is 5.33. The third kappa shape index (κ3) is 6.21. The van der Waals surface area contributed by atoms with Crippen molar-refractivity contribution in [3.8, 4) is 5.75 Å². The van der Waals surface area contributed by atoms with Crippen molar-refractivity contribution >= 4 is 41.8 Å². The number of carbonyl (C=O) groups is 2. The maximum atomic E-state index is 12.4. The Morgan fingerprint density at radius 3 is 2.28 bits per heavy atom. The Morgan fingerprint density at radius 1 is 1.00 bits per heavy atom. The molecule has 0 spiro atoms. The topological polar surface area (TPSA) is 83.0 Å². The fraction of sp³-hybridized carbons (Fsp3) is 0.375. The van der Waals surface area contributed by atoms with Crippen LogP contribution in [0.4, 0.5) is 0 Å². The minimum absolute atomic E-state index is 0. The Hall–Kier alpha value is -2.62. The maximum absolute atomic E-state index is 12.4. The zero-order valence-corrected chi connectivity index (χ0v) is 21.1. The average Bonchev–Trinajstić information content (AvgIpc) is 3.02. The number of hydrogen-bond acceptors (Lipinski definition) is 4. The van der Waals surface area contributed by atoms with Crippen molar-refractivity contribution in [2.75, 3.05) is 33.8 Å². The number of aliphatic imine (C=N–C) groups is 1. The van der Waals surface area contributed by atoms with Gasteiger partial charge in [0.2, 0.25) is 0 Å². The van der Waals surface area contributed by atoms with Crippen molar-refractivity contribution in [1.82, 2.24) is 15.5 Å². The average molecular weight is 550 g/mol. The minimum Gasteiger partial charge on any atom is -0.496 e. The van der Waals surface area contributed by atoms with Gasteiger partial charge in [-0.15, -0.1) is 24.0 Å². The molecule has 2 amide bonds. The smallest absolute Gasteiger partial charge is 0.261 e. The van der Waals surface area contributed by atoms with E-state index in [-0.39, 0.29) is 35.8 Å². The second kappa shape index (κ2) is 12.4. The lowest BCUT2D eigenvalue weighted by Gasteiger charge is -2.15. The number of fused-ring (bicyclic) bond motifs is 1. The molecule has 0 fully saturated rings. The lowest BCUT2D eigenvalue weighted by Crippen LogP contribution is -2.39. The molecule has 1 heterocycles. The molecule has 0 saturated carbocycles. The van der Waals surface area contributed by atoms with Crippen molar-refractivity contribution in [3.05, 3.63) is 64.7 Å².